The molecule has 18 heavy (non-hydrogen) atoms. The highest BCUT2D eigenvalue weighted by atomic mass is 35.5. The van der Waals surface area contributed by atoms with Gasteiger partial charge in [0.1, 0.15) is 0 Å². The van der Waals surface area contributed by atoms with E-state index in [0.29, 0.717) is 17.3 Å². The second-order valence-electron chi connectivity index (χ2n) is 4.51. The van der Waals surface area contributed by atoms with Gasteiger partial charge in [-0.25, -0.2) is 8.42 Å². The molecule has 0 aliphatic heterocycles. The van der Waals surface area contributed by atoms with Crippen molar-refractivity contribution in [1.82, 2.24) is 5.32 Å². The normalized spacial score (nSPS) is 11.8. The van der Waals surface area contributed by atoms with E-state index in [-0.39, 0.29) is 11.8 Å². The predicted molar refractivity (Wildman–Crippen MR) is 76.7 cm³/mol. The maximum atomic E-state index is 11.8. The van der Waals surface area contributed by atoms with Crippen LogP contribution in [-0.2, 0) is 10.0 Å². The molecule has 0 spiro atoms. The number of halogens is 1. The molecule has 0 aliphatic rings. The second-order valence-corrected chi connectivity index (χ2v) is 6.76. The van der Waals surface area contributed by atoms with Gasteiger partial charge in [-0.1, -0.05) is 31.5 Å². The van der Waals surface area contributed by atoms with Crippen LogP contribution < -0.4 is 10.0 Å². The first-order chi connectivity index (χ1) is 8.30. The average molecular weight is 291 g/mol. The monoisotopic (exact) mass is 290 g/mol. The molecule has 1 rings (SSSR count). The topological polar surface area (TPSA) is 58.2 Å². The van der Waals surface area contributed by atoms with Crippen LogP contribution in [0.3, 0.4) is 0 Å². The summed E-state index contributed by atoms with van der Waals surface area (Å²) < 4.78 is 26.2. The molecule has 2 N–H and O–H groups in total. The van der Waals surface area contributed by atoms with Crippen molar-refractivity contribution < 1.29 is 8.42 Å². The van der Waals surface area contributed by atoms with Gasteiger partial charge < -0.3 is 5.32 Å². The van der Waals surface area contributed by atoms with Gasteiger partial charge >= 0.3 is 0 Å². The van der Waals surface area contributed by atoms with E-state index < -0.39 is 10.0 Å². The zero-order valence-corrected chi connectivity index (χ0v) is 12.4. The third-order valence-corrected chi connectivity index (χ3v) is 3.91. The molecule has 0 atom stereocenters. The summed E-state index contributed by atoms with van der Waals surface area (Å²) in [7, 11) is -3.37. The van der Waals surface area contributed by atoms with Gasteiger partial charge in [0.15, 0.2) is 0 Å². The first-order valence-electron chi connectivity index (χ1n) is 5.80. The lowest BCUT2D eigenvalue weighted by atomic mass is 10.2. The molecule has 0 aliphatic carbocycles. The van der Waals surface area contributed by atoms with Crippen molar-refractivity contribution in [3.8, 4) is 0 Å². The van der Waals surface area contributed by atoms with Crippen LogP contribution in [0.25, 0.3) is 0 Å². The van der Waals surface area contributed by atoms with E-state index in [0.717, 1.165) is 5.56 Å². The smallest absolute Gasteiger partial charge is 0.234 e. The fourth-order valence-corrected chi connectivity index (χ4v) is 2.63. The molecule has 0 fully saturated rings. The standard InChI is InChI=1S/C12H19ClN2O2S/c1-9(2)14-6-7-18(16,17)15-12-8-10(3)4-5-11(12)13/h4-5,8-9,14-15H,6-7H2,1-3H3. The highest BCUT2D eigenvalue weighted by Crippen LogP contribution is 2.23. The summed E-state index contributed by atoms with van der Waals surface area (Å²) in [4.78, 5) is 0. The Bertz CT molecular complexity index is 501. The number of hydrogen-bond donors (Lipinski definition) is 2. The van der Waals surface area contributed by atoms with Gasteiger partial charge in [0, 0.05) is 12.6 Å². The van der Waals surface area contributed by atoms with Crippen LogP contribution >= 0.6 is 11.6 Å². The number of hydrogen-bond acceptors (Lipinski definition) is 3. The Hall–Kier alpha value is -0.780. The highest BCUT2D eigenvalue weighted by molar-refractivity contribution is 7.92. The van der Waals surface area contributed by atoms with E-state index in [9.17, 15) is 8.42 Å². The Balaban J connectivity index is 2.67. The van der Waals surface area contributed by atoms with Gasteiger partial charge in [-0.05, 0) is 24.6 Å². The van der Waals surface area contributed by atoms with E-state index in [1.165, 1.54) is 0 Å². The lowest BCUT2D eigenvalue weighted by Crippen LogP contribution is -2.31. The number of nitrogens with one attached hydrogen (secondary N) is 2. The van der Waals surface area contributed by atoms with Crippen molar-refractivity contribution in [3.05, 3.63) is 28.8 Å². The third-order valence-electron chi connectivity index (χ3n) is 2.31. The van der Waals surface area contributed by atoms with E-state index in [1.54, 1.807) is 12.1 Å². The summed E-state index contributed by atoms with van der Waals surface area (Å²) in [6, 6.07) is 5.50. The van der Waals surface area contributed by atoms with Crippen molar-refractivity contribution >= 4 is 27.3 Å². The summed E-state index contributed by atoms with van der Waals surface area (Å²) in [5.41, 5.74) is 1.39. The van der Waals surface area contributed by atoms with Crippen LogP contribution in [0.1, 0.15) is 19.4 Å². The van der Waals surface area contributed by atoms with Crippen molar-refractivity contribution in [2.45, 2.75) is 26.8 Å². The zero-order chi connectivity index (χ0) is 13.8. The summed E-state index contributed by atoms with van der Waals surface area (Å²) in [6.45, 7) is 6.24. The fraction of sp³-hybridized carbons (Fsp3) is 0.500. The van der Waals surface area contributed by atoms with Gasteiger partial charge in [0.05, 0.1) is 16.5 Å². The lowest BCUT2D eigenvalue weighted by molar-refractivity contribution is 0.582. The van der Waals surface area contributed by atoms with Crippen molar-refractivity contribution in [2.24, 2.45) is 0 Å². The van der Waals surface area contributed by atoms with Crippen LogP contribution in [0.2, 0.25) is 5.02 Å². The fourth-order valence-electron chi connectivity index (χ4n) is 1.42. The van der Waals surface area contributed by atoms with E-state index >= 15 is 0 Å². The number of rotatable bonds is 6. The molecule has 0 heterocycles. The Labute approximate surface area is 114 Å². The van der Waals surface area contributed by atoms with E-state index in [4.69, 9.17) is 11.6 Å². The average Bonchev–Trinajstić information content (AvgIpc) is 2.22. The summed E-state index contributed by atoms with van der Waals surface area (Å²) >= 11 is 5.94. The first kappa shape index (κ1) is 15.3. The molecular formula is C12H19ClN2O2S. The largest absolute Gasteiger partial charge is 0.313 e. The van der Waals surface area contributed by atoms with Crippen LogP contribution in [0.5, 0.6) is 0 Å². The molecule has 0 radical (unpaired) electrons. The number of sulfonamides is 1. The minimum Gasteiger partial charge on any atom is -0.313 e. The van der Waals surface area contributed by atoms with Crippen molar-refractivity contribution in [1.29, 1.82) is 0 Å². The predicted octanol–water partition coefficient (Wildman–Crippen LogP) is 2.39. The lowest BCUT2D eigenvalue weighted by Gasteiger charge is -2.12. The summed E-state index contributed by atoms with van der Waals surface area (Å²) in [6.07, 6.45) is 0. The Kier molecular flexibility index (Phi) is 5.44. The molecule has 0 saturated carbocycles. The Morgan fingerprint density at radius 3 is 2.61 bits per heavy atom. The van der Waals surface area contributed by atoms with Gasteiger partial charge in [-0.2, -0.15) is 0 Å². The SMILES string of the molecule is Cc1ccc(Cl)c(NS(=O)(=O)CCNC(C)C)c1. The molecule has 4 nitrogen and oxygen atoms in total. The van der Waals surface area contributed by atoms with Crippen molar-refractivity contribution in [3.63, 3.8) is 0 Å². The zero-order valence-electron chi connectivity index (χ0n) is 10.8. The minimum atomic E-state index is -3.37. The van der Waals surface area contributed by atoms with E-state index in [1.807, 2.05) is 26.8 Å². The molecule has 0 saturated heterocycles. The number of aryl methyl sites for hydroxylation is 1. The van der Waals surface area contributed by atoms with Crippen molar-refractivity contribution in [2.75, 3.05) is 17.0 Å². The molecular weight excluding hydrogens is 272 g/mol. The summed E-state index contributed by atoms with van der Waals surface area (Å²) in [5.74, 6) is 0.0233. The molecule has 1 aromatic carbocycles. The Morgan fingerprint density at radius 2 is 2.00 bits per heavy atom. The highest BCUT2D eigenvalue weighted by Gasteiger charge is 2.12. The molecule has 0 unspecified atom stereocenters. The number of benzene rings is 1. The van der Waals surface area contributed by atoms with Gasteiger partial charge in [0.2, 0.25) is 10.0 Å². The molecule has 1 aromatic rings. The molecule has 0 aromatic heterocycles. The Morgan fingerprint density at radius 1 is 1.33 bits per heavy atom. The van der Waals surface area contributed by atoms with E-state index in [2.05, 4.69) is 10.0 Å². The van der Waals surface area contributed by atoms with Crippen LogP contribution in [0, 0.1) is 6.92 Å². The van der Waals surface area contributed by atoms with Crippen LogP contribution in [-0.4, -0.2) is 26.8 Å². The first-order valence-corrected chi connectivity index (χ1v) is 7.83. The molecule has 102 valence electrons. The third kappa shape index (κ3) is 5.25. The minimum absolute atomic E-state index is 0.0233. The van der Waals surface area contributed by atoms with Gasteiger partial charge in [0.25, 0.3) is 0 Å². The van der Waals surface area contributed by atoms with Crippen LogP contribution in [0.4, 0.5) is 5.69 Å². The molecule has 0 amide bonds. The second kappa shape index (κ2) is 6.41. The van der Waals surface area contributed by atoms with Gasteiger partial charge in [-0.3, -0.25) is 4.72 Å². The maximum absolute atomic E-state index is 11.8. The number of anilines is 1. The van der Waals surface area contributed by atoms with Gasteiger partial charge in [-0.15, -0.1) is 0 Å². The molecule has 0 bridgehead atoms. The van der Waals surface area contributed by atoms with Crippen LogP contribution in [0.15, 0.2) is 18.2 Å². The molecule has 6 heteroatoms. The maximum Gasteiger partial charge on any atom is 0.234 e. The quantitative estimate of drug-likeness (QED) is 0.846. The summed E-state index contributed by atoms with van der Waals surface area (Å²) in [5, 5.41) is 3.46.